The van der Waals surface area contributed by atoms with Gasteiger partial charge in [-0.1, -0.05) is 31.2 Å². The van der Waals surface area contributed by atoms with Gasteiger partial charge in [0, 0.05) is 13.2 Å². The Balaban J connectivity index is 2.01. The Morgan fingerprint density at radius 1 is 1.29 bits per heavy atom. The standard InChI is InChI=1S/C15H23NO/c1-3-12-5-7-13(8-6-12)14(16)11-15(17-2)9-4-10-15/h5-8,14H,3-4,9-11,16H2,1-2H3. The molecule has 2 nitrogen and oxygen atoms in total. The number of hydrogen-bond acceptors (Lipinski definition) is 2. The number of hydrogen-bond donors (Lipinski definition) is 1. The second kappa shape index (κ2) is 5.19. The van der Waals surface area contributed by atoms with E-state index in [4.69, 9.17) is 10.5 Å². The van der Waals surface area contributed by atoms with Crippen LogP contribution in [0.5, 0.6) is 0 Å². The van der Waals surface area contributed by atoms with Gasteiger partial charge >= 0.3 is 0 Å². The Morgan fingerprint density at radius 3 is 2.35 bits per heavy atom. The fourth-order valence-corrected chi connectivity index (χ4v) is 2.58. The van der Waals surface area contributed by atoms with Gasteiger partial charge in [-0.15, -0.1) is 0 Å². The minimum atomic E-state index is 0.0584. The average molecular weight is 233 g/mol. The zero-order valence-corrected chi connectivity index (χ0v) is 10.9. The predicted molar refractivity (Wildman–Crippen MR) is 71.0 cm³/mol. The van der Waals surface area contributed by atoms with E-state index in [1.807, 2.05) is 7.11 Å². The van der Waals surface area contributed by atoms with Crippen molar-refractivity contribution in [3.8, 4) is 0 Å². The van der Waals surface area contributed by atoms with Crippen molar-refractivity contribution < 1.29 is 4.74 Å². The molecular formula is C15H23NO. The highest BCUT2D eigenvalue weighted by atomic mass is 16.5. The third-order valence-corrected chi connectivity index (χ3v) is 4.11. The lowest BCUT2D eigenvalue weighted by Gasteiger charge is -2.42. The van der Waals surface area contributed by atoms with E-state index >= 15 is 0 Å². The molecule has 1 atom stereocenters. The molecule has 1 fully saturated rings. The highest BCUT2D eigenvalue weighted by Crippen LogP contribution is 2.41. The van der Waals surface area contributed by atoms with E-state index in [0.29, 0.717) is 0 Å². The first-order valence-electron chi connectivity index (χ1n) is 6.59. The maximum Gasteiger partial charge on any atom is 0.0696 e. The quantitative estimate of drug-likeness (QED) is 0.847. The maximum atomic E-state index is 6.28. The molecule has 0 bridgehead atoms. The molecule has 0 aliphatic heterocycles. The molecule has 1 unspecified atom stereocenters. The van der Waals surface area contributed by atoms with E-state index in [0.717, 1.165) is 25.7 Å². The molecule has 1 aromatic rings. The van der Waals surface area contributed by atoms with Crippen LogP contribution in [0, 0.1) is 0 Å². The lowest BCUT2D eigenvalue weighted by atomic mass is 9.75. The second-order valence-electron chi connectivity index (χ2n) is 5.15. The second-order valence-corrected chi connectivity index (χ2v) is 5.15. The minimum absolute atomic E-state index is 0.0584. The van der Waals surface area contributed by atoms with Gasteiger partial charge in [-0.2, -0.15) is 0 Å². The van der Waals surface area contributed by atoms with Gasteiger partial charge in [-0.25, -0.2) is 0 Å². The molecule has 0 radical (unpaired) electrons. The van der Waals surface area contributed by atoms with Crippen LogP contribution in [0.3, 0.4) is 0 Å². The molecule has 1 aliphatic rings. The smallest absolute Gasteiger partial charge is 0.0696 e. The van der Waals surface area contributed by atoms with E-state index in [-0.39, 0.29) is 11.6 Å². The van der Waals surface area contributed by atoms with Crippen LogP contribution >= 0.6 is 0 Å². The van der Waals surface area contributed by atoms with Crippen LogP contribution in [0.2, 0.25) is 0 Å². The number of benzene rings is 1. The van der Waals surface area contributed by atoms with Gasteiger partial charge in [-0.3, -0.25) is 0 Å². The third-order valence-electron chi connectivity index (χ3n) is 4.11. The summed E-state index contributed by atoms with van der Waals surface area (Å²) >= 11 is 0. The molecule has 0 aromatic heterocycles. The van der Waals surface area contributed by atoms with Crippen molar-refractivity contribution in [2.75, 3.05) is 7.11 Å². The summed E-state index contributed by atoms with van der Waals surface area (Å²) in [4.78, 5) is 0. The summed E-state index contributed by atoms with van der Waals surface area (Å²) in [5.41, 5.74) is 8.93. The van der Waals surface area contributed by atoms with Crippen molar-refractivity contribution >= 4 is 0 Å². The van der Waals surface area contributed by atoms with Crippen LogP contribution in [0.1, 0.15) is 49.8 Å². The summed E-state index contributed by atoms with van der Waals surface area (Å²) in [5.74, 6) is 0. The van der Waals surface area contributed by atoms with E-state index in [1.54, 1.807) is 0 Å². The molecule has 0 spiro atoms. The lowest BCUT2D eigenvalue weighted by molar-refractivity contribution is -0.0816. The number of rotatable bonds is 5. The molecule has 2 N–H and O–H groups in total. The molecule has 2 rings (SSSR count). The van der Waals surface area contributed by atoms with Crippen LogP contribution < -0.4 is 5.73 Å². The van der Waals surface area contributed by atoms with Crippen LogP contribution in [0.25, 0.3) is 0 Å². The zero-order valence-electron chi connectivity index (χ0n) is 10.9. The van der Waals surface area contributed by atoms with Crippen LogP contribution in [-0.2, 0) is 11.2 Å². The number of ether oxygens (including phenoxy) is 1. The fourth-order valence-electron chi connectivity index (χ4n) is 2.58. The summed E-state index contributed by atoms with van der Waals surface area (Å²) in [6, 6.07) is 8.77. The van der Waals surface area contributed by atoms with Gasteiger partial charge in [0.05, 0.1) is 5.60 Å². The molecule has 17 heavy (non-hydrogen) atoms. The summed E-state index contributed by atoms with van der Waals surface area (Å²) in [5, 5.41) is 0. The van der Waals surface area contributed by atoms with E-state index < -0.39 is 0 Å². The van der Waals surface area contributed by atoms with Crippen molar-refractivity contribution in [1.82, 2.24) is 0 Å². The topological polar surface area (TPSA) is 35.2 Å². The highest BCUT2D eigenvalue weighted by Gasteiger charge is 2.38. The minimum Gasteiger partial charge on any atom is -0.378 e. The molecule has 1 aromatic carbocycles. The average Bonchev–Trinajstić information content (AvgIpc) is 2.33. The van der Waals surface area contributed by atoms with E-state index in [9.17, 15) is 0 Å². The van der Waals surface area contributed by atoms with Crippen molar-refractivity contribution in [2.45, 2.75) is 50.7 Å². The Kier molecular flexibility index (Phi) is 3.85. The van der Waals surface area contributed by atoms with Crippen LogP contribution in [0.4, 0.5) is 0 Å². The van der Waals surface area contributed by atoms with Gasteiger partial charge in [0.2, 0.25) is 0 Å². The normalized spacial score (nSPS) is 19.7. The molecule has 1 aliphatic carbocycles. The Labute approximate surface area is 104 Å². The van der Waals surface area contributed by atoms with E-state index in [1.165, 1.54) is 17.5 Å². The first-order valence-corrected chi connectivity index (χ1v) is 6.59. The Morgan fingerprint density at radius 2 is 1.94 bits per heavy atom. The lowest BCUT2D eigenvalue weighted by Crippen LogP contribution is -2.41. The van der Waals surface area contributed by atoms with Crippen LogP contribution in [0.15, 0.2) is 24.3 Å². The third kappa shape index (κ3) is 2.70. The van der Waals surface area contributed by atoms with Gasteiger partial charge in [0.1, 0.15) is 0 Å². The molecule has 1 saturated carbocycles. The van der Waals surface area contributed by atoms with Crippen molar-refractivity contribution in [3.05, 3.63) is 35.4 Å². The van der Waals surface area contributed by atoms with E-state index in [2.05, 4.69) is 31.2 Å². The molecule has 0 heterocycles. The monoisotopic (exact) mass is 233 g/mol. The predicted octanol–water partition coefficient (Wildman–Crippen LogP) is 3.21. The first kappa shape index (κ1) is 12.6. The maximum absolute atomic E-state index is 6.28. The van der Waals surface area contributed by atoms with Crippen molar-refractivity contribution in [3.63, 3.8) is 0 Å². The number of nitrogens with two attached hydrogens (primary N) is 1. The SMILES string of the molecule is CCc1ccc(C(N)CC2(OC)CCC2)cc1. The van der Waals surface area contributed by atoms with Crippen molar-refractivity contribution in [2.24, 2.45) is 5.73 Å². The molecule has 0 amide bonds. The Bertz CT molecular complexity index is 348. The van der Waals surface area contributed by atoms with Crippen molar-refractivity contribution in [1.29, 1.82) is 0 Å². The summed E-state index contributed by atoms with van der Waals surface area (Å²) in [6.07, 6.45) is 5.61. The number of methoxy groups -OCH3 is 1. The summed E-state index contributed by atoms with van der Waals surface area (Å²) < 4.78 is 5.63. The summed E-state index contributed by atoms with van der Waals surface area (Å²) in [6.45, 7) is 2.17. The van der Waals surface area contributed by atoms with Gasteiger partial charge in [0.25, 0.3) is 0 Å². The van der Waals surface area contributed by atoms with Gasteiger partial charge in [-0.05, 0) is 43.2 Å². The largest absolute Gasteiger partial charge is 0.378 e. The number of aryl methyl sites for hydroxylation is 1. The zero-order chi connectivity index (χ0) is 12.3. The Hall–Kier alpha value is -0.860. The van der Waals surface area contributed by atoms with Gasteiger partial charge in [0.15, 0.2) is 0 Å². The molecular weight excluding hydrogens is 210 g/mol. The van der Waals surface area contributed by atoms with Gasteiger partial charge < -0.3 is 10.5 Å². The molecule has 2 heteroatoms. The fraction of sp³-hybridized carbons (Fsp3) is 0.600. The van der Waals surface area contributed by atoms with Crippen LogP contribution in [-0.4, -0.2) is 12.7 Å². The highest BCUT2D eigenvalue weighted by molar-refractivity contribution is 5.25. The molecule has 0 saturated heterocycles. The summed E-state index contributed by atoms with van der Waals surface area (Å²) in [7, 11) is 1.81. The molecule has 94 valence electrons. The first-order chi connectivity index (χ1) is 8.19.